The Morgan fingerprint density at radius 2 is 1.96 bits per heavy atom. The van der Waals surface area contributed by atoms with Gasteiger partial charge >= 0.3 is 0 Å². The van der Waals surface area contributed by atoms with Gasteiger partial charge in [0.25, 0.3) is 0 Å². The molecule has 26 heavy (non-hydrogen) atoms. The number of hydrogen-bond donors (Lipinski definition) is 3. The van der Waals surface area contributed by atoms with Crippen LogP contribution in [0.15, 0.2) is 23.2 Å². The number of guanidine groups is 1. The molecule has 0 aliphatic heterocycles. The van der Waals surface area contributed by atoms with Crippen LogP contribution in [-0.4, -0.2) is 60.6 Å². The van der Waals surface area contributed by atoms with Gasteiger partial charge in [0.15, 0.2) is 5.96 Å². The number of nitrogens with one attached hydrogen (secondary N) is 3. The smallest absolute Gasteiger partial charge is 0.211 e. The quantitative estimate of drug-likeness (QED) is 0.293. The summed E-state index contributed by atoms with van der Waals surface area (Å²) in [6.07, 6.45) is 0. The third-order valence-corrected chi connectivity index (χ3v) is 4.96. The second kappa shape index (κ2) is 11.7. The zero-order valence-electron chi connectivity index (χ0n) is 16.0. The van der Waals surface area contributed by atoms with Crippen molar-refractivity contribution in [1.29, 1.82) is 0 Å². The summed E-state index contributed by atoms with van der Waals surface area (Å²) in [6, 6.07) is 6.02. The van der Waals surface area contributed by atoms with Gasteiger partial charge in [-0.15, -0.1) is 0 Å². The van der Waals surface area contributed by atoms with Gasteiger partial charge in [-0.25, -0.2) is 13.1 Å². The maximum Gasteiger partial charge on any atom is 0.211 e. The highest BCUT2D eigenvalue weighted by Gasteiger charge is 2.07. The zero-order chi connectivity index (χ0) is 19.4. The molecule has 0 bridgehead atoms. The Morgan fingerprint density at radius 3 is 2.62 bits per heavy atom. The van der Waals surface area contributed by atoms with E-state index in [4.69, 9.17) is 9.47 Å². The molecule has 0 saturated heterocycles. The van der Waals surface area contributed by atoms with Crippen molar-refractivity contribution in [3.05, 3.63) is 29.3 Å². The van der Waals surface area contributed by atoms with Crippen LogP contribution in [-0.2, 0) is 21.3 Å². The van der Waals surface area contributed by atoms with Gasteiger partial charge in [0.05, 0.1) is 12.4 Å². The number of nitrogens with zero attached hydrogens (tertiary/aromatic N) is 1. The fourth-order valence-corrected chi connectivity index (χ4v) is 2.68. The van der Waals surface area contributed by atoms with Crippen LogP contribution in [0.5, 0.6) is 5.75 Å². The van der Waals surface area contributed by atoms with Crippen LogP contribution in [0.1, 0.15) is 18.1 Å². The van der Waals surface area contributed by atoms with Crippen LogP contribution in [0.3, 0.4) is 0 Å². The van der Waals surface area contributed by atoms with Gasteiger partial charge in [-0.2, -0.15) is 0 Å². The van der Waals surface area contributed by atoms with E-state index in [1.54, 1.807) is 21.1 Å². The summed E-state index contributed by atoms with van der Waals surface area (Å²) in [5.41, 5.74) is 2.12. The van der Waals surface area contributed by atoms with Crippen molar-refractivity contribution in [1.82, 2.24) is 15.4 Å². The number of sulfonamides is 1. The van der Waals surface area contributed by atoms with Crippen molar-refractivity contribution >= 4 is 16.0 Å². The highest BCUT2D eigenvalue weighted by molar-refractivity contribution is 7.89. The molecule has 9 heteroatoms. The first-order valence-corrected chi connectivity index (χ1v) is 10.2. The van der Waals surface area contributed by atoms with Crippen molar-refractivity contribution in [3.63, 3.8) is 0 Å². The van der Waals surface area contributed by atoms with Crippen LogP contribution >= 0.6 is 0 Å². The van der Waals surface area contributed by atoms with E-state index >= 15 is 0 Å². The van der Waals surface area contributed by atoms with Crippen molar-refractivity contribution in [2.75, 3.05) is 46.2 Å². The molecule has 1 aromatic carbocycles. The van der Waals surface area contributed by atoms with Crippen molar-refractivity contribution in [2.24, 2.45) is 4.99 Å². The molecule has 3 N–H and O–H groups in total. The van der Waals surface area contributed by atoms with E-state index in [1.165, 1.54) is 0 Å². The maximum atomic E-state index is 11.4. The van der Waals surface area contributed by atoms with E-state index in [1.807, 2.05) is 25.1 Å². The van der Waals surface area contributed by atoms with Gasteiger partial charge < -0.3 is 20.1 Å². The van der Waals surface area contributed by atoms with E-state index in [0.29, 0.717) is 38.8 Å². The summed E-state index contributed by atoms with van der Waals surface area (Å²) in [6.45, 7) is 5.89. The minimum atomic E-state index is -3.18. The van der Waals surface area contributed by atoms with Crippen molar-refractivity contribution < 1.29 is 17.9 Å². The van der Waals surface area contributed by atoms with Crippen molar-refractivity contribution in [2.45, 2.75) is 20.4 Å². The Hall–Kier alpha value is -1.84. The number of aryl methyl sites for hydroxylation is 1. The van der Waals surface area contributed by atoms with Crippen LogP contribution in [0.25, 0.3) is 0 Å². The topological polar surface area (TPSA) is 101 Å². The summed E-state index contributed by atoms with van der Waals surface area (Å²) in [5.74, 6) is 1.46. The molecule has 0 aromatic heterocycles. The average molecular weight is 387 g/mol. The molecule has 0 amide bonds. The van der Waals surface area contributed by atoms with Crippen LogP contribution < -0.4 is 20.1 Å². The van der Waals surface area contributed by atoms with Crippen LogP contribution in [0, 0.1) is 6.92 Å². The highest BCUT2D eigenvalue weighted by Crippen LogP contribution is 2.20. The monoisotopic (exact) mass is 386 g/mol. The summed E-state index contributed by atoms with van der Waals surface area (Å²) in [4.78, 5) is 4.14. The first-order valence-electron chi connectivity index (χ1n) is 8.55. The molecule has 1 aromatic rings. The molecule has 0 aliphatic rings. The lowest BCUT2D eigenvalue weighted by atomic mass is 10.1. The van der Waals surface area contributed by atoms with Crippen LogP contribution in [0.2, 0.25) is 0 Å². The van der Waals surface area contributed by atoms with Gasteiger partial charge in [0.1, 0.15) is 12.4 Å². The molecule has 0 aliphatic carbocycles. The fraction of sp³-hybridized carbons (Fsp3) is 0.588. The summed E-state index contributed by atoms with van der Waals surface area (Å²) < 4.78 is 36.1. The number of hydrogen-bond acceptors (Lipinski definition) is 5. The van der Waals surface area contributed by atoms with Gasteiger partial charge in [0.2, 0.25) is 10.0 Å². The molecular weight excluding hydrogens is 356 g/mol. The largest absolute Gasteiger partial charge is 0.491 e. The van der Waals surface area contributed by atoms with Gasteiger partial charge in [-0.05, 0) is 25.5 Å². The minimum Gasteiger partial charge on any atom is -0.491 e. The highest BCUT2D eigenvalue weighted by atomic mass is 32.2. The summed E-state index contributed by atoms with van der Waals surface area (Å²) in [7, 11) is 0.123. The summed E-state index contributed by atoms with van der Waals surface area (Å²) in [5, 5.41) is 6.27. The molecule has 0 radical (unpaired) electrons. The lowest BCUT2D eigenvalue weighted by Crippen LogP contribution is -2.41. The Morgan fingerprint density at radius 1 is 1.19 bits per heavy atom. The molecule has 1 rings (SSSR count). The Labute approximate surface area is 156 Å². The Bertz CT molecular complexity index is 677. The second-order valence-electron chi connectivity index (χ2n) is 5.60. The van der Waals surface area contributed by atoms with E-state index in [0.717, 1.165) is 16.9 Å². The SMILES string of the molecule is CCS(=O)(=O)NCCNC(=NC)NCc1ccc(C)cc1OCCOC. The average Bonchev–Trinajstić information content (AvgIpc) is 2.62. The predicted octanol–water partition coefficient (Wildman–Crippen LogP) is 0.625. The normalized spacial score (nSPS) is 12.1. The molecular formula is C17H30N4O4S. The molecule has 0 heterocycles. The zero-order valence-corrected chi connectivity index (χ0v) is 16.8. The fourth-order valence-electron chi connectivity index (χ4n) is 2.07. The number of rotatable bonds is 11. The second-order valence-corrected chi connectivity index (χ2v) is 7.70. The van der Waals surface area contributed by atoms with E-state index in [-0.39, 0.29) is 5.75 Å². The maximum absolute atomic E-state index is 11.4. The Kier molecular flexibility index (Phi) is 10.0. The third kappa shape index (κ3) is 8.50. The van der Waals surface area contributed by atoms with Gasteiger partial charge in [0, 0.05) is 39.4 Å². The minimum absolute atomic E-state index is 0.0687. The van der Waals surface area contributed by atoms with E-state index in [2.05, 4.69) is 20.3 Å². The lowest BCUT2D eigenvalue weighted by Gasteiger charge is -2.15. The van der Waals surface area contributed by atoms with Gasteiger partial charge in [-0.1, -0.05) is 12.1 Å². The molecule has 0 spiro atoms. The number of aliphatic imine (C=N–C) groups is 1. The first-order chi connectivity index (χ1) is 12.4. The third-order valence-electron chi connectivity index (χ3n) is 3.56. The molecule has 0 unspecified atom stereocenters. The Balaban J connectivity index is 2.52. The van der Waals surface area contributed by atoms with Crippen molar-refractivity contribution in [3.8, 4) is 5.75 Å². The molecule has 148 valence electrons. The van der Waals surface area contributed by atoms with Gasteiger partial charge in [-0.3, -0.25) is 4.99 Å². The first kappa shape index (κ1) is 22.2. The van der Waals surface area contributed by atoms with E-state index < -0.39 is 10.0 Å². The molecule has 0 atom stereocenters. The predicted molar refractivity (Wildman–Crippen MR) is 104 cm³/mol. The molecule has 0 fully saturated rings. The molecule has 0 saturated carbocycles. The number of benzene rings is 1. The lowest BCUT2D eigenvalue weighted by molar-refractivity contribution is 0.145. The van der Waals surface area contributed by atoms with Crippen LogP contribution in [0.4, 0.5) is 0 Å². The standard InChI is InChI=1S/C17H30N4O4S/c1-5-26(22,23)21-9-8-19-17(18-3)20-13-15-7-6-14(2)12-16(15)25-11-10-24-4/h6-7,12,21H,5,8-11,13H2,1-4H3,(H2,18,19,20). The van der Waals surface area contributed by atoms with E-state index in [9.17, 15) is 8.42 Å². The summed E-state index contributed by atoms with van der Waals surface area (Å²) >= 11 is 0. The molecule has 8 nitrogen and oxygen atoms in total. The number of ether oxygens (including phenoxy) is 2. The number of methoxy groups -OCH3 is 1.